The molecule has 196 valence electrons. The molecular weight excluding hydrogens is 456 g/mol. The number of hydrogen-bond acceptors (Lipinski definition) is 9. The molecular formula is C26H38O9. The van der Waals surface area contributed by atoms with Crippen molar-refractivity contribution in [2.24, 2.45) is 17.8 Å². The van der Waals surface area contributed by atoms with Crippen molar-refractivity contribution in [3.63, 3.8) is 0 Å². The fourth-order valence-corrected chi connectivity index (χ4v) is 6.12. The maximum Gasteiger partial charge on any atom is 0.187 e. The zero-order valence-corrected chi connectivity index (χ0v) is 20.7. The summed E-state index contributed by atoms with van der Waals surface area (Å²) in [5, 5.41) is 63.2. The van der Waals surface area contributed by atoms with Crippen molar-refractivity contribution in [2.45, 2.75) is 95.0 Å². The summed E-state index contributed by atoms with van der Waals surface area (Å²) in [6.45, 7) is 10.4. The third-order valence-corrected chi connectivity index (χ3v) is 8.22. The van der Waals surface area contributed by atoms with Crippen molar-refractivity contribution in [2.75, 3.05) is 6.61 Å². The van der Waals surface area contributed by atoms with E-state index in [1.165, 1.54) is 0 Å². The van der Waals surface area contributed by atoms with Crippen molar-refractivity contribution in [3.8, 4) is 0 Å². The second-order valence-electron chi connectivity index (χ2n) is 11.3. The predicted molar refractivity (Wildman–Crippen MR) is 125 cm³/mol. The predicted octanol–water partition coefficient (Wildman–Crippen LogP) is 0.121. The van der Waals surface area contributed by atoms with Crippen LogP contribution in [0.15, 0.2) is 34.9 Å². The Bertz CT molecular complexity index is 941. The van der Waals surface area contributed by atoms with E-state index in [0.717, 1.165) is 11.1 Å². The van der Waals surface area contributed by atoms with Crippen molar-refractivity contribution in [1.82, 2.24) is 0 Å². The number of ketones is 1. The van der Waals surface area contributed by atoms with E-state index in [1.807, 2.05) is 13.0 Å². The normalized spacial score (nSPS) is 44.6. The van der Waals surface area contributed by atoms with Crippen molar-refractivity contribution in [1.29, 1.82) is 0 Å². The molecule has 0 aromatic heterocycles. The molecule has 4 rings (SSSR count). The van der Waals surface area contributed by atoms with E-state index in [1.54, 1.807) is 20.8 Å². The van der Waals surface area contributed by atoms with Crippen LogP contribution in [0.3, 0.4) is 0 Å². The number of carbonyl (C=O) groups excluding carboxylic acids is 1. The van der Waals surface area contributed by atoms with Gasteiger partial charge in [-0.05, 0) is 51.2 Å². The fourth-order valence-electron chi connectivity index (χ4n) is 6.12. The first kappa shape index (κ1) is 26.6. The van der Waals surface area contributed by atoms with Crippen LogP contribution in [0.1, 0.15) is 47.0 Å². The lowest BCUT2D eigenvalue weighted by Crippen LogP contribution is -2.62. The minimum absolute atomic E-state index is 0.0471. The minimum Gasteiger partial charge on any atom is -0.394 e. The summed E-state index contributed by atoms with van der Waals surface area (Å²) in [7, 11) is 0. The van der Waals surface area contributed by atoms with Gasteiger partial charge in [-0.25, -0.2) is 0 Å². The van der Waals surface area contributed by atoms with Gasteiger partial charge in [0, 0.05) is 23.3 Å². The van der Waals surface area contributed by atoms with Crippen molar-refractivity contribution < 1.29 is 44.9 Å². The molecule has 0 radical (unpaired) electrons. The number of carbonyl (C=O) groups is 1. The summed E-state index contributed by atoms with van der Waals surface area (Å²) in [5.74, 6) is -1.48. The Morgan fingerprint density at radius 2 is 1.86 bits per heavy atom. The van der Waals surface area contributed by atoms with Gasteiger partial charge in [0.2, 0.25) is 0 Å². The molecule has 0 aromatic rings. The van der Waals surface area contributed by atoms with Crippen molar-refractivity contribution in [3.05, 3.63) is 34.9 Å². The number of aliphatic hydroxyl groups excluding tert-OH is 4. The van der Waals surface area contributed by atoms with Crippen LogP contribution in [-0.2, 0) is 14.3 Å². The lowest BCUT2D eigenvalue weighted by molar-refractivity contribution is -0.321. The highest BCUT2D eigenvalue weighted by atomic mass is 16.7. The van der Waals surface area contributed by atoms with Crippen LogP contribution in [0.5, 0.6) is 0 Å². The van der Waals surface area contributed by atoms with Crippen LogP contribution in [-0.4, -0.2) is 91.0 Å². The van der Waals surface area contributed by atoms with Gasteiger partial charge in [-0.2, -0.15) is 0 Å². The van der Waals surface area contributed by atoms with Gasteiger partial charge in [0.1, 0.15) is 30.5 Å². The molecule has 0 amide bonds. The molecule has 1 aliphatic heterocycles. The van der Waals surface area contributed by atoms with E-state index in [2.05, 4.69) is 6.58 Å². The third kappa shape index (κ3) is 4.36. The summed E-state index contributed by atoms with van der Waals surface area (Å²) in [4.78, 5) is 13.3. The highest BCUT2D eigenvalue weighted by Crippen LogP contribution is 2.54. The topological polar surface area (TPSA) is 157 Å². The summed E-state index contributed by atoms with van der Waals surface area (Å²) in [6, 6.07) is 0. The standard InChI is InChI=1S/C26H38O9/c1-11-6-7-13(25(3,4)32)9-15-17(11)18-14(8-12(2)19(18)28)23(26(15,5)33)35-24-22(31)21(30)20(29)16(10-27)34-24/h9,12,15-17,20-24,27,29-33H,1,6-8,10H2,2-5H3/t12-,15-,16-,17-,20-,21+,22-,23+,24+,26-/m1/s1. The average molecular weight is 495 g/mol. The van der Waals surface area contributed by atoms with Crippen molar-refractivity contribution >= 4 is 5.78 Å². The highest BCUT2D eigenvalue weighted by Gasteiger charge is 2.58. The van der Waals surface area contributed by atoms with E-state index >= 15 is 0 Å². The Kier molecular flexibility index (Phi) is 6.96. The number of hydrogen-bond donors (Lipinski definition) is 6. The number of allylic oxidation sites excluding steroid dienone is 2. The van der Waals surface area contributed by atoms with Crippen LogP contribution in [0, 0.1) is 17.8 Å². The maximum atomic E-state index is 13.3. The summed E-state index contributed by atoms with van der Waals surface area (Å²) in [5.41, 5.74) is -0.0712. The lowest BCUT2D eigenvalue weighted by atomic mass is 9.63. The molecule has 4 aliphatic rings. The van der Waals surface area contributed by atoms with E-state index < -0.39 is 66.5 Å². The Morgan fingerprint density at radius 3 is 2.46 bits per heavy atom. The number of Topliss-reactive ketones (excluding diaryl/α,β-unsaturated/α-hetero) is 1. The minimum atomic E-state index is -1.65. The van der Waals surface area contributed by atoms with E-state index in [4.69, 9.17) is 9.47 Å². The van der Waals surface area contributed by atoms with Gasteiger partial charge < -0.3 is 40.1 Å². The van der Waals surface area contributed by atoms with E-state index in [9.17, 15) is 35.4 Å². The summed E-state index contributed by atoms with van der Waals surface area (Å²) < 4.78 is 11.7. The molecule has 35 heavy (non-hydrogen) atoms. The van der Waals surface area contributed by atoms with Crippen LogP contribution in [0.25, 0.3) is 0 Å². The number of ether oxygens (including phenoxy) is 2. The molecule has 9 heteroatoms. The second-order valence-corrected chi connectivity index (χ2v) is 11.3. The Balaban J connectivity index is 1.81. The molecule has 0 bridgehead atoms. The molecule has 0 saturated carbocycles. The SMILES string of the molecule is C=C1CCC(C(C)(C)O)=C[C@@H]2[C@@H]1C1=C(C[C@@H](C)C1=O)[C@H](O[C@@H]1O[C@H](CO)[C@@H](O)[C@H](O)[C@H]1O)[C@]2(C)O. The van der Waals surface area contributed by atoms with Gasteiger partial charge >= 0.3 is 0 Å². The molecule has 0 aromatic carbocycles. The van der Waals surface area contributed by atoms with Gasteiger partial charge in [0.05, 0.1) is 17.8 Å². The maximum absolute atomic E-state index is 13.3. The zero-order chi connectivity index (χ0) is 26.0. The first-order chi connectivity index (χ1) is 16.2. The Labute approximate surface area is 205 Å². The molecule has 1 saturated heterocycles. The van der Waals surface area contributed by atoms with Crippen LogP contribution >= 0.6 is 0 Å². The van der Waals surface area contributed by atoms with E-state index in [0.29, 0.717) is 30.4 Å². The van der Waals surface area contributed by atoms with Crippen LogP contribution in [0.4, 0.5) is 0 Å². The Morgan fingerprint density at radius 1 is 1.20 bits per heavy atom. The molecule has 0 spiro atoms. The number of fused-ring (bicyclic) bond motifs is 2. The lowest BCUT2D eigenvalue weighted by Gasteiger charge is -2.49. The molecule has 3 aliphatic carbocycles. The van der Waals surface area contributed by atoms with E-state index in [-0.39, 0.29) is 11.7 Å². The summed E-state index contributed by atoms with van der Waals surface area (Å²) in [6.07, 6.45) is -5.27. The molecule has 9 nitrogen and oxygen atoms in total. The van der Waals surface area contributed by atoms with Gasteiger partial charge in [-0.15, -0.1) is 0 Å². The number of rotatable bonds is 4. The monoisotopic (exact) mass is 494 g/mol. The van der Waals surface area contributed by atoms with Gasteiger partial charge in [0.25, 0.3) is 0 Å². The molecule has 0 unspecified atom stereocenters. The average Bonchev–Trinajstić information content (AvgIpc) is 2.93. The molecule has 10 atom stereocenters. The summed E-state index contributed by atoms with van der Waals surface area (Å²) >= 11 is 0. The Hall–Kier alpha value is -1.43. The number of aliphatic hydroxyl groups is 6. The highest BCUT2D eigenvalue weighted by molar-refractivity contribution is 6.02. The first-order valence-corrected chi connectivity index (χ1v) is 12.3. The first-order valence-electron chi connectivity index (χ1n) is 12.3. The quantitative estimate of drug-likeness (QED) is 0.299. The third-order valence-electron chi connectivity index (χ3n) is 8.22. The largest absolute Gasteiger partial charge is 0.394 e. The smallest absolute Gasteiger partial charge is 0.187 e. The molecule has 1 heterocycles. The fraction of sp³-hybridized carbons (Fsp3) is 0.731. The van der Waals surface area contributed by atoms with Gasteiger partial charge in [-0.1, -0.05) is 25.2 Å². The second kappa shape index (κ2) is 9.15. The van der Waals surface area contributed by atoms with Crippen LogP contribution < -0.4 is 0 Å². The van der Waals surface area contributed by atoms with Crippen LogP contribution in [0.2, 0.25) is 0 Å². The van der Waals surface area contributed by atoms with Gasteiger partial charge in [-0.3, -0.25) is 4.79 Å². The molecule has 6 N–H and O–H groups in total. The molecule has 1 fully saturated rings. The van der Waals surface area contributed by atoms with Gasteiger partial charge in [0.15, 0.2) is 12.1 Å². The zero-order valence-electron chi connectivity index (χ0n) is 20.7.